The molecule has 0 bridgehead atoms. The van der Waals surface area contributed by atoms with Crippen LogP contribution >= 0.6 is 0 Å². The largest absolute Gasteiger partial charge is 0.0622 e. The maximum Gasteiger partial charge on any atom is 0.0306 e. The maximum absolute atomic E-state index is 2.41. The first-order valence-corrected chi connectivity index (χ1v) is 7.94. The van der Waals surface area contributed by atoms with Crippen molar-refractivity contribution in [3.05, 3.63) is 108 Å². The van der Waals surface area contributed by atoms with Crippen molar-refractivity contribution in [1.29, 1.82) is 0 Å². The standard InChI is InChI=1S/C22H20/c1-21(18-11-5-2-6-12-18)17-22(21,19-13-7-3-8-14-19)20-15-9-4-10-16-20/h2-16H,17H2,1H3. The van der Waals surface area contributed by atoms with Crippen LogP contribution < -0.4 is 0 Å². The van der Waals surface area contributed by atoms with E-state index in [2.05, 4.69) is 97.9 Å². The Kier molecular flexibility index (Phi) is 2.94. The Hall–Kier alpha value is -2.34. The summed E-state index contributed by atoms with van der Waals surface area (Å²) in [5.74, 6) is 0. The highest BCUT2D eigenvalue weighted by Gasteiger charge is 2.66. The Bertz CT molecular complexity index is 719. The van der Waals surface area contributed by atoms with E-state index in [9.17, 15) is 0 Å². The van der Waals surface area contributed by atoms with Crippen LogP contribution in [0.15, 0.2) is 91.0 Å². The average molecular weight is 284 g/mol. The van der Waals surface area contributed by atoms with Crippen molar-refractivity contribution in [1.82, 2.24) is 0 Å². The molecule has 0 nitrogen and oxygen atoms in total. The van der Waals surface area contributed by atoms with E-state index in [1.54, 1.807) is 0 Å². The summed E-state index contributed by atoms with van der Waals surface area (Å²) in [6.07, 6.45) is 1.16. The van der Waals surface area contributed by atoms with Gasteiger partial charge in [0.2, 0.25) is 0 Å². The summed E-state index contributed by atoms with van der Waals surface area (Å²) < 4.78 is 0. The quantitative estimate of drug-likeness (QED) is 0.609. The fourth-order valence-corrected chi connectivity index (χ4v) is 4.09. The Labute approximate surface area is 132 Å². The van der Waals surface area contributed by atoms with Gasteiger partial charge in [-0.15, -0.1) is 0 Å². The lowest BCUT2D eigenvalue weighted by atomic mass is 9.78. The summed E-state index contributed by atoms with van der Waals surface area (Å²) >= 11 is 0. The molecule has 1 unspecified atom stereocenters. The highest BCUT2D eigenvalue weighted by atomic mass is 14.7. The third-order valence-corrected chi connectivity index (χ3v) is 5.38. The van der Waals surface area contributed by atoms with Crippen LogP contribution in [-0.4, -0.2) is 0 Å². The fourth-order valence-electron chi connectivity index (χ4n) is 4.09. The third-order valence-electron chi connectivity index (χ3n) is 5.38. The van der Waals surface area contributed by atoms with Gasteiger partial charge >= 0.3 is 0 Å². The van der Waals surface area contributed by atoms with Crippen LogP contribution in [0.5, 0.6) is 0 Å². The van der Waals surface area contributed by atoms with E-state index in [1.807, 2.05) is 0 Å². The molecule has 0 radical (unpaired) electrons. The molecule has 1 aliphatic rings. The van der Waals surface area contributed by atoms with Gasteiger partial charge in [0, 0.05) is 10.8 Å². The molecule has 1 aliphatic carbocycles. The number of benzene rings is 3. The Morgan fingerprint density at radius 2 is 0.909 bits per heavy atom. The molecule has 4 rings (SSSR count). The van der Waals surface area contributed by atoms with E-state index in [-0.39, 0.29) is 10.8 Å². The molecule has 0 heterocycles. The Balaban J connectivity index is 1.91. The fraction of sp³-hybridized carbons (Fsp3) is 0.182. The van der Waals surface area contributed by atoms with Gasteiger partial charge in [-0.3, -0.25) is 0 Å². The van der Waals surface area contributed by atoms with Crippen molar-refractivity contribution in [2.24, 2.45) is 0 Å². The highest BCUT2D eigenvalue weighted by Crippen LogP contribution is 2.68. The number of hydrogen-bond donors (Lipinski definition) is 0. The van der Waals surface area contributed by atoms with E-state index >= 15 is 0 Å². The Morgan fingerprint density at radius 1 is 0.545 bits per heavy atom. The predicted molar refractivity (Wildman–Crippen MR) is 92.1 cm³/mol. The second kappa shape index (κ2) is 4.84. The van der Waals surface area contributed by atoms with Crippen LogP contribution in [-0.2, 0) is 10.8 Å². The van der Waals surface area contributed by atoms with Gasteiger partial charge < -0.3 is 0 Å². The molecule has 0 aliphatic heterocycles. The van der Waals surface area contributed by atoms with Crippen LogP contribution in [0, 0.1) is 0 Å². The van der Waals surface area contributed by atoms with Gasteiger partial charge in [0.05, 0.1) is 0 Å². The predicted octanol–water partition coefficient (Wildman–Crippen LogP) is 5.33. The van der Waals surface area contributed by atoms with Crippen molar-refractivity contribution < 1.29 is 0 Å². The van der Waals surface area contributed by atoms with Crippen molar-refractivity contribution in [2.75, 3.05) is 0 Å². The summed E-state index contributed by atoms with van der Waals surface area (Å²) in [4.78, 5) is 0. The summed E-state index contributed by atoms with van der Waals surface area (Å²) in [6.45, 7) is 2.41. The van der Waals surface area contributed by atoms with Gasteiger partial charge in [0.1, 0.15) is 0 Å². The molecular formula is C22H20. The second-order valence-electron chi connectivity index (χ2n) is 6.51. The zero-order valence-electron chi connectivity index (χ0n) is 12.9. The molecule has 0 spiro atoms. The minimum Gasteiger partial charge on any atom is -0.0622 e. The molecule has 22 heavy (non-hydrogen) atoms. The molecule has 1 atom stereocenters. The Morgan fingerprint density at radius 3 is 1.32 bits per heavy atom. The molecule has 108 valence electrons. The highest BCUT2D eigenvalue weighted by molar-refractivity contribution is 5.57. The maximum atomic E-state index is 2.41. The molecule has 1 fully saturated rings. The molecule has 1 saturated carbocycles. The molecule has 0 N–H and O–H groups in total. The lowest BCUT2D eigenvalue weighted by Gasteiger charge is -2.25. The van der Waals surface area contributed by atoms with Gasteiger partial charge in [-0.05, 0) is 23.1 Å². The van der Waals surface area contributed by atoms with E-state index in [0.717, 1.165) is 6.42 Å². The van der Waals surface area contributed by atoms with Crippen molar-refractivity contribution in [3.63, 3.8) is 0 Å². The first-order chi connectivity index (χ1) is 10.8. The SMILES string of the molecule is CC1(c2ccccc2)CC1(c1ccccc1)c1ccccc1. The van der Waals surface area contributed by atoms with E-state index in [1.165, 1.54) is 16.7 Å². The smallest absolute Gasteiger partial charge is 0.0306 e. The normalized spacial score (nSPS) is 22.2. The monoisotopic (exact) mass is 284 g/mol. The van der Waals surface area contributed by atoms with Gasteiger partial charge in [-0.1, -0.05) is 97.9 Å². The minimum absolute atomic E-state index is 0.0941. The van der Waals surface area contributed by atoms with Crippen molar-refractivity contribution >= 4 is 0 Å². The topological polar surface area (TPSA) is 0 Å². The number of rotatable bonds is 3. The van der Waals surface area contributed by atoms with Gasteiger partial charge in [-0.2, -0.15) is 0 Å². The molecule has 3 aromatic rings. The van der Waals surface area contributed by atoms with E-state index in [0.29, 0.717) is 0 Å². The number of hydrogen-bond acceptors (Lipinski definition) is 0. The van der Waals surface area contributed by atoms with Gasteiger partial charge in [-0.25, -0.2) is 0 Å². The summed E-state index contributed by atoms with van der Waals surface area (Å²) in [6, 6.07) is 32.9. The van der Waals surface area contributed by atoms with Crippen molar-refractivity contribution in [3.8, 4) is 0 Å². The zero-order chi connectivity index (χ0) is 15.0. The van der Waals surface area contributed by atoms with Crippen LogP contribution in [0.3, 0.4) is 0 Å². The minimum atomic E-state index is 0.0941. The first kappa shape index (κ1) is 13.3. The zero-order valence-corrected chi connectivity index (χ0v) is 12.9. The van der Waals surface area contributed by atoms with E-state index < -0.39 is 0 Å². The molecule has 3 aromatic carbocycles. The van der Waals surface area contributed by atoms with Crippen LogP contribution in [0.2, 0.25) is 0 Å². The summed E-state index contributed by atoms with van der Waals surface area (Å²) in [5, 5.41) is 0. The van der Waals surface area contributed by atoms with Crippen LogP contribution in [0.25, 0.3) is 0 Å². The lowest BCUT2D eigenvalue weighted by Crippen LogP contribution is -2.21. The molecule has 0 heteroatoms. The van der Waals surface area contributed by atoms with Crippen LogP contribution in [0.1, 0.15) is 30.0 Å². The van der Waals surface area contributed by atoms with E-state index in [4.69, 9.17) is 0 Å². The molecule has 0 aromatic heterocycles. The van der Waals surface area contributed by atoms with Crippen LogP contribution in [0.4, 0.5) is 0 Å². The second-order valence-corrected chi connectivity index (χ2v) is 6.51. The van der Waals surface area contributed by atoms with Crippen molar-refractivity contribution in [2.45, 2.75) is 24.2 Å². The average Bonchev–Trinajstić information content (AvgIpc) is 3.26. The first-order valence-electron chi connectivity index (χ1n) is 7.94. The summed E-state index contributed by atoms with van der Waals surface area (Å²) in [7, 11) is 0. The molecule has 0 saturated heterocycles. The van der Waals surface area contributed by atoms with Gasteiger partial charge in [0.25, 0.3) is 0 Å². The molecular weight excluding hydrogens is 264 g/mol. The third kappa shape index (κ3) is 1.77. The summed E-state index contributed by atoms with van der Waals surface area (Å²) in [5.41, 5.74) is 4.54. The van der Waals surface area contributed by atoms with Gasteiger partial charge in [0.15, 0.2) is 0 Å². The molecule has 0 amide bonds. The lowest BCUT2D eigenvalue weighted by molar-refractivity contribution is 0.652.